The van der Waals surface area contributed by atoms with Crippen LogP contribution in [0.2, 0.25) is 0 Å². The molecule has 3 rings (SSSR count). The van der Waals surface area contributed by atoms with E-state index in [0.717, 1.165) is 24.3 Å². The maximum Gasteiger partial charge on any atom is 0.311 e. The van der Waals surface area contributed by atoms with Crippen molar-refractivity contribution in [2.24, 2.45) is 0 Å². The molecule has 2 aromatic rings. The number of amides is 1. The van der Waals surface area contributed by atoms with Crippen LogP contribution in [0.5, 0.6) is 5.75 Å². The number of Topliss-reactive ketones (excluding diaryl/α,β-unsaturated/α-hetero) is 1. The van der Waals surface area contributed by atoms with Crippen molar-refractivity contribution in [2.45, 2.75) is 19.9 Å². The molecule has 12 nitrogen and oxygen atoms in total. The third-order valence-electron chi connectivity index (χ3n) is 5.95. The van der Waals surface area contributed by atoms with Crippen molar-refractivity contribution < 1.29 is 29.6 Å². The largest absolute Gasteiger partial charge is 0.507 e. The number of rotatable bonds is 9. The van der Waals surface area contributed by atoms with Gasteiger partial charge in [0.1, 0.15) is 5.76 Å². The fraction of sp³-hybridized carbons (Fsp3) is 0.304. The van der Waals surface area contributed by atoms with Crippen molar-refractivity contribution in [2.75, 3.05) is 26.2 Å². The summed E-state index contributed by atoms with van der Waals surface area (Å²) in [4.78, 5) is 50.2. The smallest absolute Gasteiger partial charge is 0.311 e. The summed E-state index contributed by atoms with van der Waals surface area (Å²) < 4.78 is 0. The van der Waals surface area contributed by atoms with Gasteiger partial charge in [0.15, 0.2) is 5.75 Å². The highest BCUT2D eigenvalue weighted by atomic mass is 16.6. The Labute approximate surface area is 200 Å². The Morgan fingerprint density at radius 2 is 1.66 bits per heavy atom. The molecule has 1 fully saturated rings. The van der Waals surface area contributed by atoms with E-state index in [4.69, 9.17) is 0 Å². The predicted octanol–water partition coefficient (Wildman–Crippen LogP) is 2.97. The van der Waals surface area contributed by atoms with Crippen LogP contribution in [0.25, 0.3) is 5.76 Å². The van der Waals surface area contributed by atoms with E-state index in [1.54, 1.807) is 0 Å². The first-order chi connectivity index (χ1) is 16.6. The second kappa shape index (κ2) is 10.3. The number of phenolic OH excluding ortho intramolecular Hbond substituents is 1. The summed E-state index contributed by atoms with van der Waals surface area (Å²) in [6, 6.07) is 7.09. The number of nitro groups is 2. The zero-order chi connectivity index (χ0) is 25.9. The van der Waals surface area contributed by atoms with E-state index in [9.17, 15) is 40.0 Å². The van der Waals surface area contributed by atoms with Crippen LogP contribution >= 0.6 is 0 Å². The van der Waals surface area contributed by atoms with E-state index >= 15 is 0 Å². The molecule has 1 amide bonds. The molecule has 0 aromatic heterocycles. The number of hydrogen-bond acceptors (Lipinski definition) is 9. The van der Waals surface area contributed by atoms with Crippen molar-refractivity contribution in [1.82, 2.24) is 9.80 Å². The summed E-state index contributed by atoms with van der Waals surface area (Å²) in [6.07, 6.45) is 0. The summed E-state index contributed by atoms with van der Waals surface area (Å²) in [5.41, 5.74) is -0.935. The van der Waals surface area contributed by atoms with Gasteiger partial charge in [0.25, 0.3) is 17.4 Å². The van der Waals surface area contributed by atoms with E-state index in [1.165, 1.54) is 23.1 Å². The number of likely N-dealkylation sites (N-methyl/N-ethyl adjacent to an activating group) is 1. The van der Waals surface area contributed by atoms with Crippen LogP contribution in [-0.2, 0) is 9.59 Å². The molecule has 0 bridgehead atoms. The van der Waals surface area contributed by atoms with Gasteiger partial charge in [-0.3, -0.25) is 29.8 Å². The number of ketones is 1. The van der Waals surface area contributed by atoms with Gasteiger partial charge in [-0.25, -0.2) is 0 Å². The lowest BCUT2D eigenvalue weighted by Crippen LogP contribution is -2.38. The van der Waals surface area contributed by atoms with Crippen molar-refractivity contribution in [3.8, 4) is 5.75 Å². The molecule has 2 aromatic carbocycles. The molecule has 0 radical (unpaired) electrons. The van der Waals surface area contributed by atoms with Crippen molar-refractivity contribution in [1.29, 1.82) is 0 Å². The minimum atomic E-state index is -1.17. The average Bonchev–Trinajstić information content (AvgIpc) is 3.09. The number of likely N-dealkylation sites (tertiary alicyclic amines) is 1. The van der Waals surface area contributed by atoms with Crippen molar-refractivity contribution in [3.63, 3.8) is 0 Å². The Balaban J connectivity index is 2.16. The second-order valence-electron chi connectivity index (χ2n) is 7.83. The van der Waals surface area contributed by atoms with E-state index in [1.807, 2.05) is 18.7 Å². The lowest BCUT2D eigenvalue weighted by molar-refractivity contribution is -0.386. The van der Waals surface area contributed by atoms with E-state index in [0.29, 0.717) is 19.6 Å². The molecule has 1 saturated heterocycles. The van der Waals surface area contributed by atoms with Crippen LogP contribution in [0, 0.1) is 20.2 Å². The highest BCUT2D eigenvalue weighted by Crippen LogP contribution is 2.41. The number of carbonyl (C=O) groups excluding carboxylic acids is 2. The lowest BCUT2D eigenvalue weighted by Gasteiger charge is -2.28. The fourth-order valence-corrected chi connectivity index (χ4v) is 4.00. The summed E-state index contributed by atoms with van der Waals surface area (Å²) in [5.74, 6) is -3.03. The predicted molar refractivity (Wildman–Crippen MR) is 125 cm³/mol. The SMILES string of the molecule is CCN(CC)CCN1C(=O)C(=O)/C(=C(\O)c2ccc([N+](=O)[O-])cc2)C1c1ccc(O)c([N+](=O)[O-])c1. The summed E-state index contributed by atoms with van der Waals surface area (Å²) >= 11 is 0. The Morgan fingerprint density at radius 1 is 1.03 bits per heavy atom. The number of hydrogen-bond donors (Lipinski definition) is 2. The third-order valence-corrected chi connectivity index (χ3v) is 5.95. The van der Waals surface area contributed by atoms with Crippen molar-refractivity contribution in [3.05, 3.63) is 79.4 Å². The van der Waals surface area contributed by atoms with Crippen LogP contribution in [0.15, 0.2) is 48.0 Å². The van der Waals surface area contributed by atoms with Gasteiger partial charge >= 0.3 is 5.69 Å². The molecule has 1 unspecified atom stereocenters. The number of aliphatic hydroxyl groups is 1. The highest BCUT2D eigenvalue weighted by Gasteiger charge is 2.46. The molecule has 2 N–H and O–H groups in total. The van der Waals surface area contributed by atoms with E-state index < -0.39 is 44.8 Å². The molecule has 1 heterocycles. The molecule has 12 heteroatoms. The van der Waals surface area contributed by atoms with Crippen LogP contribution in [0.3, 0.4) is 0 Å². The lowest BCUT2D eigenvalue weighted by atomic mass is 9.94. The van der Waals surface area contributed by atoms with Gasteiger partial charge in [0, 0.05) is 36.9 Å². The Bertz CT molecular complexity index is 1200. The van der Waals surface area contributed by atoms with Crippen LogP contribution in [0.4, 0.5) is 11.4 Å². The number of nitrogens with zero attached hydrogens (tertiary/aromatic N) is 4. The number of benzene rings is 2. The fourth-order valence-electron chi connectivity index (χ4n) is 4.00. The second-order valence-corrected chi connectivity index (χ2v) is 7.83. The zero-order valence-corrected chi connectivity index (χ0v) is 19.1. The highest BCUT2D eigenvalue weighted by molar-refractivity contribution is 6.46. The van der Waals surface area contributed by atoms with E-state index in [-0.39, 0.29) is 28.9 Å². The number of carbonyl (C=O) groups is 2. The third kappa shape index (κ3) is 4.96. The molecular formula is C23H24N4O8. The van der Waals surface area contributed by atoms with Gasteiger partial charge < -0.3 is 20.0 Å². The first kappa shape index (κ1) is 25.3. The monoisotopic (exact) mass is 484 g/mol. The van der Waals surface area contributed by atoms with Crippen molar-refractivity contribution >= 4 is 28.8 Å². The Hall–Kier alpha value is -4.32. The summed E-state index contributed by atoms with van der Waals surface area (Å²) in [7, 11) is 0. The number of phenols is 1. The maximum atomic E-state index is 13.0. The number of non-ortho nitro benzene ring substituents is 1. The number of nitro benzene ring substituents is 2. The molecule has 0 saturated carbocycles. The van der Waals surface area contributed by atoms with Gasteiger partial charge in [-0.1, -0.05) is 19.9 Å². The van der Waals surface area contributed by atoms with Gasteiger partial charge in [0.05, 0.1) is 21.5 Å². The molecule has 35 heavy (non-hydrogen) atoms. The van der Waals surface area contributed by atoms with Gasteiger partial charge in [0.2, 0.25) is 0 Å². The first-order valence-electron chi connectivity index (χ1n) is 10.8. The zero-order valence-electron chi connectivity index (χ0n) is 19.1. The van der Waals surface area contributed by atoms with Gasteiger partial charge in [-0.15, -0.1) is 0 Å². The van der Waals surface area contributed by atoms with Gasteiger partial charge in [-0.2, -0.15) is 0 Å². The maximum absolute atomic E-state index is 13.0. The van der Waals surface area contributed by atoms with Crippen LogP contribution in [-0.4, -0.2) is 67.7 Å². The summed E-state index contributed by atoms with van der Waals surface area (Å²) in [6.45, 7) is 5.77. The quantitative estimate of drug-likeness (QED) is 0.179. The Morgan fingerprint density at radius 3 is 2.20 bits per heavy atom. The number of aliphatic hydroxyl groups excluding tert-OH is 1. The van der Waals surface area contributed by atoms with Gasteiger partial charge in [-0.05, 0) is 36.9 Å². The summed E-state index contributed by atoms with van der Waals surface area (Å²) in [5, 5.41) is 43.2. The molecule has 0 aliphatic carbocycles. The minimum absolute atomic E-state index is 0.0654. The molecule has 1 aliphatic rings. The van der Waals surface area contributed by atoms with E-state index in [2.05, 4.69) is 0 Å². The Kier molecular flexibility index (Phi) is 7.45. The van der Waals surface area contributed by atoms with Crippen LogP contribution in [0.1, 0.15) is 31.0 Å². The molecule has 1 atom stereocenters. The standard InChI is InChI=1S/C23H24N4O8/c1-3-24(4-2)11-12-25-20(15-7-10-18(28)17(13-15)27(34)35)19(22(30)23(25)31)21(29)14-5-8-16(9-6-14)26(32)33/h5-10,13,20,28-29H,3-4,11-12H2,1-2H3/b21-19-. The number of aromatic hydroxyl groups is 1. The molecule has 1 aliphatic heterocycles. The molecule has 0 spiro atoms. The topological polar surface area (TPSA) is 167 Å². The normalized spacial score (nSPS) is 17.2. The average molecular weight is 484 g/mol. The molecular weight excluding hydrogens is 460 g/mol. The minimum Gasteiger partial charge on any atom is -0.507 e. The van der Waals surface area contributed by atoms with Crippen LogP contribution < -0.4 is 0 Å². The molecule has 184 valence electrons. The first-order valence-corrected chi connectivity index (χ1v) is 10.8.